The van der Waals surface area contributed by atoms with E-state index in [-0.39, 0.29) is 0 Å². The van der Waals surface area contributed by atoms with Crippen LogP contribution in [0.1, 0.15) is 33.4 Å². The van der Waals surface area contributed by atoms with E-state index in [1.54, 1.807) is 0 Å². The molecule has 0 bridgehead atoms. The predicted molar refractivity (Wildman–Crippen MR) is 150 cm³/mol. The Morgan fingerprint density at radius 2 is 0.639 bits per heavy atom. The normalized spacial score (nSPS) is 13.8. The van der Waals surface area contributed by atoms with E-state index in [0.717, 1.165) is 48.1 Å². The van der Waals surface area contributed by atoms with Gasteiger partial charge >= 0.3 is 0 Å². The topological polar surface area (TPSA) is 51.2 Å². The van der Waals surface area contributed by atoms with Crippen LogP contribution in [0.15, 0.2) is 106 Å². The van der Waals surface area contributed by atoms with Gasteiger partial charge in [-0.3, -0.25) is 12.6 Å². The van der Waals surface area contributed by atoms with Crippen LogP contribution in [0, 0.1) is 20.8 Å². The molecule has 0 amide bonds. The van der Waals surface area contributed by atoms with Crippen LogP contribution in [0.5, 0.6) is 0 Å². The first-order valence-electron chi connectivity index (χ1n) is 11.8. The van der Waals surface area contributed by atoms with E-state index < -0.39 is 32.4 Å². The Balaban J connectivity index is 1.78. The van der Waals surface area contributed by atoms with Crippen LogP contribution in [0.25, 0.3) is 0 Å². The molecule has 0 aliphatic rings. The lowest BCUT2D eigenvalue weighted by molar-refractivity contribution is 0.682. The van der Waals surface area contributed by atoms with Gasteiger partial charge in [-0.2, -0.15) is 0 Å². The highest BCUT2D eigenvalue weighted by Gasteiger charge is 2.22. The summed E-state index contributed by atoms with van der Waals surface area (Å²) in [4.78, 5) is 2.34. The van der Waals surface area contributed by atoms with Crippen molar-refractivity contribution in [1.29, 1.82) is 0 Å². The van der Waals surface area contributed by atoms with Crippen molar-refractivity contribution in [3.63, 3.8) is 0 Å². The van der Waals surface area contributed by atoms with E-state index in [0.29, 0.717) is 17.3 Å². The largest absolute Gasteiger partial charge is 0.254 e. The van der Waals surface area contributed by atoms with Gasteiger partial charge in [0.2, 0.25) is 0 Å². The van der Waals surface area contributed by atoms with Crippen LogP contribution < -0.4 is 0 Å². The molecule has 4 aromatic rings. The Morgan fingerprint density at radius 1 is 0.417 bits per heavy atom. The third-order valence-corrected chi connectivity index (χ3v) is 10.6. The summed E-state index contributed by atoms with van der Waals surface area (Å²) >= 11 is 0. The zero-order valence-corrected chi connectivity index (χ0v) is 23.2. The van der Waals surface area contributed by atoms with Crippen molar-refractivity contribution < 1.29 is 12.6 Å². The zero-order chi connectivity index (χ0) is 25.7. The van der Waals surface area contributed by atoms with Crippen molar-refractivity contribution in [2.45, 2.75) is 52.7 Å². The van der Waals surface area contributed by atoms with Gasteiger partial charge < -0.3 is 0 Å². The third kappa shape index (κ3) is 6.00. The molecule has 3 nitrogen and oxygen atoms in total. The van der Waals surface area contributed by atoms with Crippen LogP contribution in [-0.4, -0.2) is 12.6 Å². The summed E-state index contributed by atoms with van der Waals surface area (Å²) in [5.74, 6) is 1.08. The SMILES string of the molecule is Cc1c(CS(=O)c2ccccc2)c(C)c(CS(=O)c2ccccc2)c(C)c1CS(=O)c1ccccc1. The summed E-state index contributed by atoms with van der Waals surface area (Å²) in [5, 5.41) is 0. The molecule has 4 aromatic carbocycles. The fraction of sp³-hybridized carbons (Fsp3) is 0.200. The molecule has 0 heterocycles. The molecular formula is C30H30O3S3. The molecule has 0 aliphatic heterocycles. The molecule has 36 heavy (non-hydrogen) atoms. The van der Waals surface area contributed by atoms with Crippen molar-refractivity contribution >= 4 is 32.4 Å². The van der Waals surface area contributed by atoms with E-state index in [4.69, 9.17) is 0 Å². The average Bonchev–Trinajstić information content (AvgIpc) is 2.92. The second-order valence-electron chi connectivity index (χ2n) is 8.72. The average molecular weight is 535 g/mol. The summed E-state index contributed by atoms with van der Waals surface area (Å²) in [6.45, 7) is 6.10. The van der Waals surface area contributed by atoms with Crippen LogP contribution in [0.2, 0.25) is 0 Å². The van der Waals surface area contributed by atoms with Gasteiger partial charge in [0, 0.05) is 14.7 Å². The van der Waals surface area contributed by atoms with Crippen molar-refractivity contribution in [2.24, 2.45) is 0 Å². The molecule has 0 aliphatic carbocycles. The number of benzene rings is 4. The minimum atomic E-state index is -1.23. The minimum absolute atomic E-state index is 0.359. The van der Waals surface area contributed by atoms with E-state index in [1.807, 2.05) is 112 Å². The lowest BCUT2D eigenvalue weighted by atomic mass is 9.90. The molecule has 0 saturated carbocycles. The van der Waals surface area contributed by atoms with Crippen molar-refractivity contribution in [1.82, 2.24) is 0 Å². The van der Waals surface area contributed by atoms with E-state index in [1.165, 1.54) is 0 Å². The van der Waals surface area contributed by atoms with Gasteiger partial charge in [0.25, 0.3) is 0 Å². The van der Waals surface area contributed by atoms with Crippen LogP contribution in [-0.2, 0) is 49.7 Å². The fourth-order valence-corrected chi connectivity index (χ4v) is 8.37. The highest BCUT2D eigenvalue weighted by atomic mass is 32.2. The van der Waals surface area contributed by atoms with E-state index in [2.05, 4.69) is 0 Å². The number of hydrogen-bond acceptors (Lipinski definition) is 3. The van der Waals surface area contributed by atoms with Gasteiger partial charge in [0.15, 0.2) is 0 Å². The lowest BCUT2D eigenvalue weighted by Gasteiger charge is -2.22. The van der Waals surface area contributed by atoms with Crippen LogP contribution in [0.4, 0.5) is 0 Å². The van der Waals surface area contributed by atoms with E-state index >= 15 is 0 Å². The summed E-state index contributed by atoms with van der Waals surface area (Å²) < 4.78 is 39.9. The lowest BCUT2D eigenvalue weighted by Crippen LogP contribution is -2.13. The van der Waals surface area contributed by atoms with Gasteiger partial charge in [-0.05, 0) is 90.6 Å². The molecule has 3 atom stereocenters. The standard InChI is InChI=1S/C30H30O3S3/c1-22-28(19-34(31)25-13-7-4-8-14-25)23(2)30(21-36(33)27-17-11-6-12-18-27)24(3)29(22)20-35(32)26-15-9-5-10-16-26/h4-18H,19-21H2,1-3H3. The van der Waals surface area contributed by atoms with Gasteiger partial charge in [0.1, 0.15) is 0 Å². The zero-order valence-electron chi connectivity index (χ0n) is 20.7. The summed E-state index contributed by atoms with van der Waals surface area (Å²) in [5.41, 5.74) is 6.03. The minimum Gasteiger partial charge on any atom is -0.254 e. The number of hydrogen-bond donors (Lipinski definition) is 0. The summed E-state index contributed by atoms with van der Waals surface area (Å²) in [7, 11) is -3.68. The van der Waals surface area contributed by atoms with Crippen LogP contribution >= 0.6 is 0 Å². The van der Waals surface area contributed by atoms with Gasteiger partial charge in [0.05, 0.1) is 49.7 Å². The van der Waals surface area contributed by atoms with E-state index in [9.17, 15) is 12.6 Å². The van der Waals surface area contributed by atoms with Gasteiger partial charge in [-0.25, -0.2) is 0 Å². The molecule has 0 saturated heterocycles. The highest BCUT2D eigenvalue weighted by molar-refractivity contribution is 7.84. The smallest absolute Gasteiger partial charge is 0.0574 e. The van der Waals surface area contributed by atoms with Crippen molar-refractivity contribution in [2.75, 3.05) is 0 Å². The van der Waals surface area contributed by atoms with Gasteiger partial charge in [-0.1, -0.05) is 54.6 Å². The Hall–Kier alpha value is -2.67. The maximum absolute atomic E-state index is 13.3. The van der Waals surface area contributed by atoms with Crippen molar-refractivity contribution in [3.8, 4) is 0 Å². The molecule has 0 radical (unpaired) electrons. The Bertz CT molecular complexity index is 1220. The molecule has 3 unspecified atom stereocenters. The monoisotopic (exact) mass is 534 g/mol. The third-order valence-electron chi connectivity index (χ3n) is 6.56. The van der Waals surface area contributed by atoms with Gasteiger partial charge in [-0.15, -0.1) is 0 Å². The first kappa shape index (κ1) is 26.4. The molecule has 186 valence electrons. The summed E-state index contributed by atoms with van der Waals surface area (Å²) in [6.07, 6.45) is 0. The first-order chi connectivity index (χ1) is 17.4. The highest BCUT2D eigenvalue weighted by Crippen LogP contribution is 2.32. The fourth-order valence-electron chi connectivity index (χ4n) is 4.40. The Labute approximate surface area is 221 Å². The second-order valence-corrected chi connectivity index (χ2v) is 13.1. The molecule has 6 heteroatoms. The summed E-state index contributed by atoms with van der Waals surface area (Å²) in [6, 6.07) is 28.4. The Kier molecular flexibility index (Phi) is 8.83. The predicted octanol–water partition coefficient (Wildman–Crippen LogP) is 6.54. The maximum atomic E-state index is 13.3. The van der Waals surface area contributed by atoms with Crippen molar-refractivity contribution in [3.05, 3.63) is 124 Å². The molecule has 0 N–H and O–H groups in total. The first-order valence-corrected chi connectivity index (χ1v) is 15.7. The number of rotatable bonds is 9. The second kappa shape index (κ2) is 12.0. The molecule has 0 fully saturated rings. The molecule has 0 spiro atoms. The Morgan fingerprint density at radius 3 is 0.861 bits per heavy atom. The molecule has 4 rings (SSSR count). The quantitative estimate of drug-likeness (QED) is 0.245. The maximum Gasteiger partial charge on any atom is 0.0574 e. The molecule has 0 aromatic heterocycles. The molecular weight excluding hydrogens is 505 g/mol. The van der Waals surface area contributed by atoms with Crippen LogP contribution in [0.3, 0.4) is 0 Å².